The van der Waals surface area contributed by atoms with Crippen LogP contribution in [0.15, 0.2) is 30.3 Å². The molecule has 2 aliphatic carbocycles. The van der Waals surface area contributed by atoms with Gasteiger partial charge in [0.25, 0.3) is 0 Å². The second kappa shape index (κ2) is 6.51. The minimum Gasteiger partial charge on any atom is -0.342 e. The van der Waals surface area contributed by atoms with Crippen LogP contribution < -0.4 is 5.32 Å². The monoisotopic (exact) mass is 326 g/mol. The topological polar surface area (TPSA) is 32.3 Å². The third-order valence-corrected chi connectivity index (χ3v) is 6.83. The Balaban J connectivity index is 1.56. The molecule has 0 radical (unpaired) electrons. The lowest BCUT2D eigenvalue weighted by atomic mass is 9.68. The van der Waals surface area contributed by atoms with Gasteiger partial charge in [-0.2, -0.15) is 0 Å². The van der Waals surface area contributed by atoms with Crippen LogP contribution in [0.3, 0.4) is 0 Å². The van der Waals surface area contributed by atoms with Gasteiger partial charge in [0.05, 0.1) is 5.41 Å². The van der Waals surface area contributed by atoms with Gasteiger partial charge in [0.1, 0.15) is 0 Å². The lowest BCUT2D eigenvalue weighted by molar-refractivity contribution is -0.144. The summed E-state index contributed by atoms with van der Waals surface area (Å²) in [7, 11) is 2.01. The molecule has 130 valence electrons. The predicted octanol–water partition coefficient (Wildman–Crippen LogP) is 3.10. The van der Waals surface area contributed by atoms with E-state index in [4.69, 9.17) is 0 Å². The van der Waals surface area contributed by atoms with E-state index in [9.17, 15) is 4.79 Å². The van der Waals surface area contributed by atoms with E-state index in [-0.39, 0.29) is 5.41 Å². The normalized spacial score (nSPS) is 34.9. The Bertz CT molecular complexity index is 587. The second-order valence-corrected chi connectivity index (χ2v) is 8.36. The fourth-order valence-corrected chi connectivity index (χ4v) is 5.75. The smallest absolute Gasteiger partial charge is 0.229 e. The molecule has 2 bridgehead atoms. The van der Waals surface area contributed by atoms with Gasteiger partial charge in [-0.05, 0) is 69.0 Å². The van der Waals surface area contributed by atoms with Crippen LogP contribution in [0.4, 0.5) is 0 Å². The summed E-state index contributed by atoms with van der Waals surface area (Å²) in [6, 6.07) is 10.7. The summed E-state index contributed by atoms with van der Waals surface area (Å²) < 4.78 is 0. The number of rotatable bonds is 5. The van der Waals surface area contributed by atoms with Crippen LogP contribution in [0.2, 0.25) is 0 Å². The van der Waals surface area contributed by atoms with Gasteiger partial charge in [0.15, 0.2) is 0 Å². The van der Waals surface area contributed by atoms with Gasteiger partial charge < -0.3 is 10.2 Å². The molecule has 0 spiro atoms. The van der Waals surface area contributed by atoms with Gasteiger partial charge >= 0.3 is 0 Å². The van der Waals surface area contributed by atoms with Crippen LogP contribution in [0.25, 0.3) is 0 Å². The number of hydrogen-bond acceptors (Lipinski definition) is 2. The third kappa shape index (κ3) is 2.77. The molecule has 1 amide bonds. The fraction of sp³-hybridized carbons (Fsp3) is 0.667. The van der Waals surface area contributed by atoms with Gasteiger partial charge in [-0.15, -0.1) is 0 Å². The van der Waals surface area contributed by atoms with Crippen molar-refractivity contribution in [3.8, 4) is 0 Å². The quantitative estimate of drug-likeness (QED) is 0.902. The van der Waals surface area contributed by atoms with Crippen LogP contribution in [-0.2, 0) is 11.2 Å². The average Bonchev–Trinajstić information content (AvgIpc) is 3.31. The summed E-state index contributed by atoms with van der Waals surface area (Å²) >= 11 is 0. The number of hydrogen-bond donors (Lipinski definition) is 1. The highest BCUT2D eigenvalue weighted by Crippen LogP contribution is 2.58. The average molecular weight is 326 g/mol. The molecule has 1 aromatic rings. The van der Waals surface area contributed by atoms with Crippen molar-refractivity contribution in [2.45, 2.75) is 38.5 Å². The molecule has 0 aromatic heterocycles. The molecule has 1 saturated heterocycles. The lowest BCUT2D eigenvalue weighted by Gasteiger charge is -2.39. The maximum atomic E-state index is 13.6. The first-order valence-electron chi connectivity index (χ1n) is 9.69. The molecule has 3 aliphatic rings. The Morgan fingerprint density at radius 3 is 2.75 bits per heavy atom. The zero-order valence-electron chi connectivity index (χ0n) is 14.8. The Hall–Kier alpha value is -1.35. The SMILES string of the molecule is CNCC1CCN(C(=O)C2(Cc3ccccc3)CC3CCC2C3)C1. The Morgan fingerprint density at radius 2 is 2.08 bits per heavy atom. The van der Waals surface area contributed by atoms with Gasteiger partial charge in [-0.3, -0.25) is 4.79 Å². The maximum Gasteiger partial charge on any atom is 0.229 e. The highest BCUT2D eigenvalue weighted by atomic mass is 16.2. The molecule has 1 heterocycles. The van der Waals surface area contributed by atoms with Gasteiger partial charge in [0, 0.05) is 13.1 Å². The molecular formula is C21H30N2O. The van der Waals surface area contributed by atoms with Crippen molar-refractivity contribution in [1.82, 2.24) is 10.2 Å². The van der Waals surface area contributed by atoms with Crippen molar-refractivity contribution in [2.75, 3.05) is 26.7 Å². The molecule has 3 nitrogen and oxygen atoms in total. The highest BCUT2D eigenvalue weighted by Gasteiger charge is 2.56. The number of likely N-dealkylation sites (tertiary alicyclic amines) is 1. The van der Waals surface area contributed by atoms with Crippen molar-refractivity contribution in [1.29, 1.82) is 0 Å². The van der Waals surface area contributed by atoms with Crippen LogP contribution in [0, 0.1) is 23.2 Å². The van der Waals surface area contributed by atoms with Crippen molar-refractivity contribution in [2.24, 2.45) is 23.2 Å². The number of carbonyl (C=O) groups excluding carboxylic acids is 1. The Kier molecular flexibility index (Phi) is 4.38. The van der Waals surface area contributed by atoms with Crippen LogP contribution in [0.1, 0.15) is 37.7 Å². The molecule has 3 heteroatoms. The maximum absolute atomic E-state index is 13.6. The Morgan fingerprint density at radius 1 is 1.25 bits per heavy atom. The second-order valence-electron chi connectivity index (χ2n) is 8.36. The standard InChI is InChI=1S/C21H30N2O/c1-22-14-18-9-10-23(15-18)20(24)21(12-16-5-3-2-4-6-16)13-17-7-8-19(21)11-17/h2-6,17-19,22H,7-15H2,1H3. The zero-order chi connectivity index (χ0) is 16.6. The molecule has 1 N–H and O–H groups in total. The molecular weight excluding hydrogens is 296 g/mol. The molecule has 1 aromatic carbocycles. The summed E-state index contributed by atoms with van der Waals surface area (Å²) in [5.74, 6) is 2.50. The van der Waals surface area contributed by atoms with Crippen LogP contribution >= 0.6 is 0 Å². The number of carbonyl (C=O) groups is 1. The van der Waals surface area contributed by atoms with E-state index in [0.717, 1.165) is 44.8 Å². The largest absolute Gasteiger partial charge is 0.342 e. The molecule has 4 unspecified atom stereocenters. The van der Waals surface area contributed by atoms with Crippen molar-refractivity contribution < 1.29 is 4.79 Å². The highest BCUT2D eigenvalue weighted by molar-refractivity contribution is 5.84. The van der Waals surface area contributed by atoms with E-state index in [0.29, 0.717) is 17.7 Å². The molecule has 2 saturated carbocycles. The zero-order valence-corrected chi connectivity index (χ0v) is 14.8. The Labute approximate surface area is 145 Å². The number of amides is 1. The van der Waals surface area contributed by atoms with Gasteiger partial charge in [-0.1, -0.05) is 36.8 Å². The van der Waals surface area contributed by atoms with E-state index in [1.807, 2.05) is 7.05 Å². The number of nitrogens with one attached hydrogen (secondary N) is 1. The van der Waals surface area contributed by atoms with Crippen LogP contribution in [-0.4, -0.2) is 37.5 Å². The third-order valence-electron chi connectivity index (χ3n) is 6.83. The van der Waals surface area contributed by atoms with Crippen molar-refractivity contribution >= 4 is 5.91 Å². The lowest BCUT2D eigenvalue weighted by Crippen LogP contribution is -2.47. The summed E-state index contributed by atoms with van der Waals surface area (Å²) in [5, 5.41) is 3.28. The molecule has 24 heavy (non-hydrogen) atoms. The van der Waals surface area contributed by atoms with E-state index < -0.39 is 0 Å². The molecule has 1 aliphatic heterocycles. The summed E-state index contributed by atoms with van der Waals surface area (Å²) in [4.78, 5) is 15.8. The summed E-state index contributed by atoms with van der Waals surface area (Å²) in [6.07, 6.45) is 7.11. The number of nitrogens with zero attached hydrogens (tertiary/aromatic N) is 1. The van der Waals surface area contributed by atoms with Crippen molar-refractivity contribution in [3.63, 3.8) is 0 Å². The van der Waals surface area contributed by atoms with E-state index in [2.05, 4.69) is 40.5 Å². The number of fused-ring (bicyclic) bond motifs is 2. The predicted molar refractivity (Wildman–Crippen MR) is 96.6 cm³/mol. The molecule has 4 rings (SSSR count). The minimum atomic E-state index is -0.112. The van der Waals surface area contributed by atoms with E-state index >= 15 is 0 Å². The van der Waals surface area contributed by atoms with E-state index in [1.54, 1.807) is 0 Å². The van der Waals surface area contributed by atoms with Crippen molar-refractivity contribution in [3.05, 3.63) is 35.9 Å². The van der Waals surface area contributed by atoms with Gasteiger partial charge in [-0.25, -0.2) is 0 Å². The molecule has 3 fully saturated rings. The summed E-state index contributed by atoms with van der Waals surface area (Å²) in [5.41, 5.74) is 1.23. The first-order valence-corrected chi connectivity index (χ1v) is 9.69. The first-order chi connectivity index (χ1) is 11.7. The fourth-order valence-electron chi connectivity index (χ4n) is 5.75. The minimum absolute atomic E-state index is 0.112. The number of benzene rings is 1. The van der Waals surface area contributed by atoms with Gasteiger partial charge in [0.2, 0.25) is 5.91 Å². The van der Waals surface area contributed by atoms with E-state index in [1.165, 1.54) is 24.8 Å². The molecule has 4 atom stereocenters. The van der Waals surface area contributed by atoms with Crippen LogP contribution in [0.5, 0.6) is 0 Å². The first kappa shape index (κ1) is 16.1. The summed E-state index contributed by atoms with van der Waals surface area (Å²) in [6.45, 7) is 2.94.